The van der Waals surface area contributed by atoms with Gasteiger partial charge in [-0.05, 0) is 120 Å². The van der Waals surface area contributed by atoms with E-state index in [1.165, 1.54) is 84.0 Å². The largest absolute Gasteiger partial charge is 0.310 e. The lowest BCUT2D eigenvalue weighted by Crippen LogP contribution is -2.60. The summed E-state index contributed by atoms with van der Waals surface area (Å²) in [4.78, 5) is 1.91. The Morgan fingerprint density at radius 1 is 0.622 bits per heavy atom. The first kappa shape index (κ1) is 24.9. The van der Waals surface area contributed by atoms with Crippen molar-refractivity contribution in [3.63, 3.8) is 0 Å². The maximum atomic E-state index is 15.9. The number of halogens is 2. The van der Waals surface area contributed by atoms with Crippen molar-refractivity contribution < 1.29 is 8.78 Å². The molecular formula is C40H31BF2N2. The minimum Gasteiger partial charge on any atom is -0.310 e. The molecule has 6 aliphatic rings. The molecule has 0 unspecified atom stereocenters. The van der Waals surface area contributed by atoms with E-state index in [-0.39, 0.29) is 17.8 Å². The van der Waals surface area contributed by atoms with E-state index in [4.69, 9.17) is 0 Å². The maximum Gasteiger partial charge on any atom is 0.252 e. The van der Waals surface area contributed by atoms with Crippen LogP contribution < -0.4 is 21.3 Å². The lowest BCUT2D eigenvalue weighted by molar-refractivity contribution is -0.00516. The summed E-state index contributed by atoms with van der Waals surface area (Å²) in [7, 11) is 0. The molecule has 0 N–H and O–H groups in total. The molecule has 45 heavy (non-hydrogen) atoms. The van der Waals surface area contributed by atoms with Crippen LogP contribution in [0.1, 0.15) is 44.1 Å². The number of hydrogen-bond donors (Lipinski definition) is 0. The van der Waals surface area contributed by atoms with Gasteiger partial charge in [-0.3, -0.25) is 0 Å². The zero-order valence-corrected chi connectivity index (χ0v) is 24.9. The fourth-order valence-electron chi connectivity index (χ4n) is 11.1. The van der Waals surface area contributed by atoms with Crippen molar-refractivity contribution in [2.24, 2.45) is 17.8 Å². The quantitative estimate of drug-likeness (QED) is 0.185. The van der Waals surface area contributed by atoms with Gasteiger partial charge in [-0.15, -0.1) is 0 Å². The van der Waals surface area contributed by atoms with Gasteiger partial charge in [0.25, 0.3) is 6.71 Å². The summed E-state index contributed by atoms with van der Waals surface area (Å²) in [5.74, 6) is 1.36. The summed E-state index contributed by atoms with van der Waals surface area (Å²) in [5, 5.41) is 2.47. The number of fused-ring (bicyclic) bond motifs is 7. The van der Waals surface area contributed by atoms with Crippen LogP contribution in [-0.4, -0.2) is 11.3 Å². The van der Waals surface area contributed by atoms with Crippen LogP contribution in [0, 0.1) is 29.4 Å². The lowest BCUT2D eigenvalue weighted by atomic mass is 9.33. The fourth-order valence-corrected chi connectivity index (χ4v) is 11.1. The second-order valence-electron chi connectivity index (χ2n) is 14.6. The van der Waals surface area contributed by atoms with Crippen LogP contribution in [0.15, 0.2) is 97.1 Å². The highest BCUT2D eigenvalue weighted by Gasteiger charge is 2.52. The smallest absolute Gasteiger partial charge is 0.252 e. The molecule has 0 spiro atoms. The molecule has 0 radical (unpaired) electrons. The van der Waals surface area contributed by atoms with E-state index in [1.54, 1.807) is 0 Å². The number of anilines is 3. The van der Waals surface area contributed by atoms with Gasteiger partial charge in [0, 0.05) is 33.4 Å². The van der Waals surface area contributed by atoms with Crippen LogP contribution in [0.25, 0.3) is 27.5 Å². The van der Waals surface area contributed by atoms with Crippen LogP contribution >= 0.6 is 0 Å². The Hall–Kier alpha value is -4.38. The van der Waals surface area contributed by atoms with Crippen molar-refractivity contribution in [1.29, 1.82) is 0 Å². The van der Waals surface area contributed by atoms with Crippen molar-refractivity contribution in [2.45, 2.75) is 43.9 Å². The van der Waals surface area contributed by atoms with Gasteiger partial charge in [-0.1, -0.05) is 60.7 Å². The monoisotopic (exact) mass is 588 g/mol. The zero-order valence-electron chi connectivity index (χ0n) is 24.9. The van der Waals surface area contributed by atoms with Gasteiger partial charge >= 0.3 is 0 Å². The molecule has 2 aliphatic heterocycles. The summed E-state index contributed by atoms with van der Waals surface area (Å²) in [6.07, 6.45) is 7.88. The van der Waals surface area contributed by atoms with Crippen LogP contribution in [0.2, 0.25) is 0 Å². The number of hydrogen-bond acceptors (Lipinski definition) is 1. The molecule has 4 aliphatic carbocycles. The molecule has 4 fully saturated rings. The molecule has 0 amide bonds. The number of para-hydroxylation sites is 3. The third kappa shape index (κ3) is 3.10. The number of aromatic nitrogens is 1. The second kappa shape index (κ2) is 8.45. The van der Waals surface area contributed by atoms with Gasteiger partial charge in [-0.25, -0.2) is 8.78 Å². The molecule has 4 bridgehead atoms. The first-order chi connectivity index (χ1) is 22.1. The van der Waals surface area contributed by atoms with Crippen molar-refractivity contribution in [2.75, 3.05) is 4.90 Å². The van der Waals surface area contributed by atoms with E-state index < -0.39 is 11.6 Å². The summed E-state index contributed by atoms with van der Waals surface area (Å²) in [6.45, 7) is -0.0387. The van der Waals surface area contributed by atoms with Gasteiger partial charge in [0.05, 0.1) is 5.52 Å². The van der Waals surface area contributed by atoms with E-state index in [0.29, 0.717) is 0 Å². The Morgan fingerprint density at radius 2 is 1.29 bits per heavy atom. The van der Waals surface area contributed by atoms with Gasteiger partial charge in [0.15, 0.2) is 0 Å². The average molecular weight is 589 g/mol. The molecule has 3 heterocycles. The molecule has 218 valence electrons. The van der Waals surface area contributed by atoms with Gasteiger partial charge in [-0.2, -0.15) is 0 Å². The number of nitrogens with zero attached hydrogens (tertiary/aromatic N) is 2. The molecule has 4 saturated carbocycles. The SMILES string of the molecule is Fc1cccc(F)c1N1c2cc(C34CC5CC(CC(C5)C3)C4)ccc2B2c3c1cccc3-n1c3ccccc3c3cccc2c31. The Morgan fingerprint density at radius 3 is 2.07 bits per heavy atom. The Bertz CT molecular complexity index is 2210. The Balaban J connectivity index is 1.24. The predicted molar refractivity (Wildman–Crippen MR) is 180 cm³/mol. The molecule has 0 atom stereocenters. The zero-order chi connectivity index (χ0) is 29.6. The molecule has 6 aromatic rings. The maximum absolute atomic E-state index is 15.9. The first-order valence-corrected chi connectivity index (χ1v) is 16.6. The van der Waals surface area contributed by atoms with Crippen molar-refractivity contribution in [3.05, 3.63) is 114 Å². The highest BCUT2D eigenvalue weighted by Crippen LogP contribution is 2.61. The Kier molecular flexibility index (Phi) is 4.68. The average Bonchev–Trinajstić information content (AvgIpc) is 3.38. The van der Waals surface area contributed by atoms with Gasteiger partial charge in [0.2, 0.25) is 0 Å². The summed E-state index contributed by atoms with van der Waals surface area (Å²) in [5.41, 5.74) is 10.3. The third-order valence-electron chi connectivity index (χ3n) is 12.3. The van der Waals surface area contributed by atoms with E-state index >= 15 is 8.78 Å². The van der Waals surface area contributed by atoms with Crippen molar-refractivity contribution >= 4 is 62.0 Å². The van der Waals surface area contributed by atoms with E-state index in [2.05, 4.69) is 83.4 Å². The van der Waals surface area contributed by atoms with Gasteiger partial charge in [0.1, 0.15) is 17.3 Å². The van der Waals surface area contributed by atoms with Crippen molar-refractivity contribution in [3.8, 4) is 5.69 Å². The predicted octanol–water partition coefficient (Wildman–Crippen LogP) is 8.14. The fraction of sp³-hybridized carbons (Fsp3) is 0.250. The van der Waals surface area contributed by atoms with Crippen LogP contribution in [-0.2, 0) is 5.41 Å². The minimum atomic E-state index is -0.540. The normalized spacial score (nSPS) is 25.2. The minimum absolute atomic E-state index is 0.00892. The topological polar surface area (TPSA) is 8.17 Å². The Labute approximate surface area is 261 Å². The first-order valence-electron chi connectivity index (χ1n) is 16.6. The molecule has 2 nitrogen and oxygen atoms in total. The molecule has 12 rings (SSSR count). The number of rotatable bonds is 2. The summed E-state index contributed by atoms with van der Waals surface area (Å²) < 4.78 is 34.2. The summed E-state index contributed by atoms with van der Waals surface area (Å²) >= 11 is 0. The second-order valence-corrected chi connectivity index (χ2v) is 14.6. The van der Waals surface area contributed by atoms with Crippen LogP contribution in [0.3, 0.4) is 0 Å². The highest BCUT2D eigenvalue weighted by molar-refractivity contribution is 7.00. The molecule has 5 heteroatoms. The van der Waals surface area contributed by atoms with Gasteiger partial charge < -0.3 is 9.47 Å². The summed E-state index contributed by atoms with van der Waals surface area (Å²) in [6, 6.07) is 32.8. The molecular weight excluding hydrogens is 557 g/mol. The lowest BCUT2D eigenvalue weighted by Gasteiger charge is -2.57. The molecule has 0 saturated heterocycles. The third-order valence-corrected chi connectivity index (χ3v) is 12.3. The van der Waals surface area contributed by atoms with Crippen LogP contribution in [0.5, 0.6) is 0 Å². The van der Waals surface area contributed by atoms with E-state index in [0.717, 1.165) is 51.3 Å². The molecule has 5 aromatic carbocycles. The molecule has 1 aromatic heterocycles. The van der Waals surface area contributed by atoms with Crippen molar-refractivity contribution in [1.82, 2.24) is 4.57 Å². The van der Waals surface area contributed by atoms with Crippen LogP contribution in [0.4, 0.5) is 25.8 Å². The van der Waals surface area contributed by atoms with E-state index in [1.807, 2.05) is 4.90 Å². The number of benzene rings is 5. The van der Waals surface area contributed by atoms with E-state index in [9.17, 15) is 0 Å². The standard InChI is InChI=1S/C40H31BF2N2/c42-31-9-4-10-32(43)39(31)45-35-13-5-12-34-37(35)41(30-8-3-7-28-27-6-1-2-11-33(27)44(34)38(28)30)29-15-14-26(19-36(29)45)40-20-23-16-24(21-40)18-25(17-23)22-40/h1-15,19,23-25H,16-18,20-22H2. The highest BCUT2D eigenvalue weighted by atomic mass is 19.1.